The van der Waals surface area contributed by atoms with E-state index in [1.807, 2.05) is 13.8 Å². The zero-order valence-corrected chi connectivity index (χ0v) is 16.9. The van der Waals surface area contributed by atoms with Gasteiger partial charge in [0.25, 0.3) is 0 Å². The summed E-state index contributed by atoms with van der Waals surface area (Å²) in [5.74, 6) is 0.693. The predicted molar refractivity (Wildman–Crippen MR) is 101 cm³/mol. The van der Waals surface area contributed by atoms with Crippen LogP contribution in [0.3, 0.4) is 0 Å². The average molecular weight is 394 g/mol. The molecule has 0 radical (unpaired) electrons. The molecule has 0 aliphatic rings. The molecule has 2 rings (SSSR count). The normalized spacial score (nSPS) is 11.6. The van der Waals surface area contributed by atoms with Crippen LogP contribution in [0.15, 0.2) is 39.8 Å². The Hall–Kier alpha value is -2.39. The number of urea groups is 1. The number of benzene rings is 1. The number of hydrogen-bond donors (Lipinski definition) is 1. The average Bonchev–Trinajstić information content (AvgIpc) is 3.05. The lowest BCUT2D eigenvalue weighted by molar-refractivity contribution is 0.205. The van der Waals surface area contributed by atoms with Gasteiger partial charge in [0.15, 0.2) is 0 Å². The van der Waals surface area contributed by atoms with Crippen LogP contribution < -0.4 is 5.32 Å². The largest absolute Gasteiger partial charge is 0.361 e. The molecule has 9 heteroatoms. The Morgan fingerprint density at radius 2 is 1.81 bits per heavy atom. The molecule has 1 N–H and O–H groups in total. The first-order chi connectivity index (χ1) is 12.8. The maximum absolute atomic E-state index is 12.5. The van der Waals surface area contributed by atoms with Crippen molar-refractivity contribution in [3.8, 4) is 0 Å². The zero-order valence-electron chi connectivity index (χ0n) is 16.1. The van der Waals surface area contributed by atoms with Crippen molar-refractivity contribution in [2.45, 2.75) is 38.8 Å². The van der Waals surface area contributed by atoms with Gasteiger partial charge in [-0.3, -0.25) is 0 Å². The van der Waals surface area contributed by atoms with E-state index in [1.54, 1.807) is 44.3 Å². The third-order valence-electron chi connectivity index (χ3n) is 4.13. The van der Waals surface area contributed by atoms with Crippen LogP contribution >= 0.6 is 0 Å². The quantitative estimate of drug-likeness (QED) is 0.741. The summed E-state index contributed by atoms with van der Waals surface area (Å²) in [6.45, 7) is 6.89. The van der Waals surface area contributed by atoms with Crippen LogP contribution in [0, 0.1) is 6.92 Å². The molecule has 0 unspecified atom stereocenters. The Labute approximate surface area is 160 Å². The molecule has 1 aromatic carbocycles. The van der Waals surface area contributed by atoms with E-state index >= 15 is 0 Å². The fourth-order valence-corrected chi connectivity index (χ4v) is 4.07. The van der Waals surface area contributed by atoms with Crippen molar-refractivity contribution in [3.63, 3.8) is 0 Å². The van der Waals surface area contributed by atoms with Gasteiger partial charge in [-0.05, 0) is 24.6 Å². The number of aromatic nitrogens is 1. The fraction of sp³-hybridized carbons (Fsp3) is 0.444. The number of nitrogens with one attached hydrogen (secondary N) is 1. The van der Waals surface area contributed by atoms with E-state index in [0.29, 0.717) is 37.6 Å². The summed E-state index contributed by atoms with van der Waals surface area (Å²) in [6.07, 6.45) is 0. The second-order valence-electron chi connectivity index (χ2n) is 6.18. The van der Waals surface area contributed by atoms with Crippen LogP contribution in [-0.4, -0.2) is 48.9 Å². The minimum absolute atomic E-state index is 0.250. The monoisotopic (exact) mass is 394 g/mol. The van der Waals surface area contributed by atoms with Crippen LogP contribution in [0.1, 0.15) is 30.9 Å². The molecule has 0 bridgehead atoms. The van der Waals surface area contributed by atoms with Crippen molar-refractivity contribution in [3.05, 3.63) is 47.3 Å². The van der Waals surface area contributed by atoms with E-state index in [4.69, 9.17) is 4.52 Å². The maximum atomic E-state index is 12.5. The topological polar surface area (TPSA) is 95.8 Å². The molecular weight excluding hydrogens is 368 g/mol. The molecule has 0 fully saturated rings. The number of rotatable bonds is 8. The Kier molecular flexibility index (Phi) is 6.98. The molecule has 1 heterocycles. The van der Waals surface area contributed by atoms with Crippen molar-refractivity contribution < 1.29 is 17.7 Å². The van der Waals surface area contributed by atoms with Gasteiger partial charge < -0.3 is 14.7 Å². The van der Waals surface area contributed by atoms with Gasteiger partial charge in [-0.1, -0.05) is 31.1 Å². The lowest BCUT2D eigenvalue weighted by Gasteiger charge is -2.19. The summed E-state index contributed by atoms with van der Waals surface area (Å²) < 4.78 is 31.3. The summed E-state index contributed by atoms with van der Waals surface area (Å²) >= 11 is 0. The number of amides is 2. The third-order valence-corrected chi connectivity index (χ3v) is 6.20. The SMILES string of the molecule is CCN(CC)S(=O)(=O)c1ccc(CNC(=O)N(C)Cc2cc(C)on2)cc1. The highest BCUT2D eigenvalue weighted by molar-refractivity contribution is 7.89. The Morgan fingerprint density at radius 1 is 1.19 bits per heavy atom. The van der Waals surface area contributed by atoms with Gasteiger partial charge >= 0.3 is 6.03 Å². The molecule has 1 aromatic heterocycles. The number of carbonyl (C=O) groups excluding carboxylic acids is 1. The first kappa shape index (κ1) is 20.9. The smallest absolute Gasteiger partial charge is 0.317 e. The summed E-state index contributed by atoms with van der Waals surface area (Å²) in [5.41, 5.74) is 1.49. The van der Waals surface area contributed by atoms with Crippen molar-refractivity contribution in [1.82, 2.24) is 19.7 Å². The van der Waals surface area contributed by atoms with Crippen molar-refractivity contribution in [1.29, 1.82) is 0 Å². The number of nitrogens with zero attached hydrogens (tertiary/aromatic N) is 3. The van der Waals surface area contributed by atoms with E-state index in [2.05, 4.69) is 10.5 Å². The van der Waals surface area contributed by atoms with Gasteiger partial charge in [-0.25, -0.2) is 13.2 Å². The predicted octanol–water partition coefficient (Wildman–Crippen LogP) is 2.36. The number of hydrogen-bond acceptors (Lipinski definition) is 5. The molecule has 27 heavy (non-hydrogen) atoms. The van der Waals surface area contributed by atoms with E-state index in [1.165, 1.54) is 9.21 Å². The van der Waals surface area contributed by atoms with Gasteiger partial charge in [-0.15, -0.1) is 0 Å². The molecule has 0 spiro atoms. The second kappa shape index (κ2) is 9.01. The van der Waals surface area contributed by atoms with E-state index < -0.39 is 10.0 Å². The standard InChI is InChI=1S/C18H26N4O4S/c1-5-22(6-2)27(24,25)17-9-7-15(8-10-17)12-19-18(23)21(4)13-16-11-14(3)26-20-16/h7-11H,5-6,12-13H2,1-4H3,(H,19,23). The highest BCUT2D eigenvalue weighted by Crippen LogP contribution is 2.16. The molecule has 0 saturated heterocycles. The van der Waals surface area contributed by atoms with Crippen LogP contribution in [0.25, 0.3) is 0 Å². The molecule has 0 aliphatic heterocycles. The van der Waals surface area contributed by atoms with Crippen LogP contribution in [0.2, 0.25) is 0 Å². The fourth-order valence-electron chi connectivity index (χ4n) is 2.61. The minimum Gasteiger partial charge on any atom is -0.361 e. The van der Waals surface area contributed by atoms with Gasteiger partial charge in [0.1, 0.15) is 11.5 Å². The molecule has 2 amide bonds. The van der Waals surface area contributed by atoms with E-state index in [-0.39, 0.29) is 10.9 Å². The van der Waals surface area contributed by atoms with E-state index in [9.17, 15) is 13.2 Å². The Balaban J connectivity index is 1.93. The third kappa shape index (κ3) is 5.30. The second-order valence-corrected chi connectivity index (χ2v) is 8.11. The van der Waals surface area contributed by atoms with Crippen LogP contribution in [0.5, 0.6) is 0 Å². The zero-order chi connectivity index (χ0) is 20.0. The lowest BCUT2D eigenvalue weighted by atomic mass is 10.2. The molecular formula is C18H26N4O4S. The van der Waals surface area contributed by atoms with Crippen LogP contribution in [-0.2, 0) is 23.1 Å². The summed E-state index contributed by atoms with van der Waals surface area (Å²) in [6, 6.07) is 8.07. The van der Waals surface area contributed by atoms with Gasteiger partial charge in [0.2, 0.25) is 10.0 Å². The molecule has 0 aliphatic carbocycles. The first-order valence-electron chi connectivity index (χ1n) is 8.78. The van der Waals surface area contributed by atoms with Gasteiger partial charge in [0.05, 0.1) is 11.4 Å². The Bertz CT molecular complexity index is 858. The number of aryl methyl sites for hydroxylation is 1. The van der Waals surface area contributed by atoms with Gasteiger partial charge in [0, 0.05) is 32.7 Å². The first-order valence-corrected chi connectivity index (χ1v) is 10.2. The molecule has 148 valence electrons. The lowest BCUT2D eigenvalue weighted by Crippen LogP contribution is -2.36. The summed E-state index contributed by atoms with van der Waals surface area (Å²) in [4.78, 5) is 13.9. The summed E-state index contributed by atoms with van der Waals surface area (Å²) in [5, 5.41) is 6.66. The number of carbonyl (C=O) groups is 1. The van der Waals surface area contributed by atoms with Crippen molar-refractivity contribution in [2.75, 3.05) is 20.1 Å². The van der Waals surface area contributed by atoms with Gasteiger partial charge in [-0.2, -0.15) is 4.31 Å². The highest BCUT2D eigenvalue weighted by atomic mass is 32.2. The van der Waals surface area contributed by atoms with E-state index in [0.717, 1.165) is 5.56 Å². The van der Waals surface area contributed by atoms with Crippen molar-refractivity contribution >= 4 is 16.1 Å². The maximum Gasteiger partial charge on any atom is 0.317 e. The van der Waals surface area contributed by atoms with Crippen molar-refractivity contribution in [2.24, 2.45) is 0 Å². The minimum atomic E-state index is -3.47. The highest BCUT2D eigenvalue weighted by Gasteiger charge is 2.21. The Morgan fingerprint density at radius 3 is 2.33 bits per heavy atom. The molecule has 8 nitrogen and oxygen atoms in total. The summed E-state index contributed by atoms with van der Waals surface area (Å²) in [7, 11) is -1.81. The number of sulfonamides is 1. The van der Waals surface area contributed by atoms with Crippen LogP contribution in [0.4, 0.5) is 4.79 Å². The molecule has 0 saturated carbocycles. The molecule has 0 atom stereocenters. The molecule has 2 aromatic rings.